The minimum Gasteiger partial charge on any atom is -0.478 e. The number of aliphatic hydroxyl groups is 1. The molecule has 0 aromatic heterocycles. The van der Waals surface area contributed by atoms with Gasteiger partial charge in [-0.05, 0) is 25.0 Å². The van der Waals surface area contributed by atoms with Crippen LogP contribution in [-0.2, 0) is 19.2 Å². The number of aliphatic carboxylic acids is 4. The lowest BCUT2D eigenvalue weighted by molar-refractivity contribution is -0.134. The smallest absolute Gasteiger partial charge is 0.335 e. The Labute approximate surface area is 162 Å². The van der Waals surface area contributed by atoms with Crippen molar-refractivity contribution in [1.82, 2.24) is 0 Å². The summed E-state index contributed by atoms with van der Waals surface area (Å²) in [6.45, 7) is 10.9. The molecule has 0 aromatic carbocycles. The van der Waals surface area contributed by atoms with Crippen LogP contribution in [0, 0.1) is 5.92 Å². The van der Waals surface area contributed by atoms with Gasteiger partial charge < -0.3 is 25.5 Å². The summed E-state index contributed by atoms with van der Waals surface area (Å²) >= 11 is 0. The Bertz CT molecular complexity index is 711. The molecule has 1 unspecified atom stereocenters. The lowest BCUT2D eigenvalue weighted by atomic mass is 9.87. The van der Waals surface area contributed by atoms with Crippen molar-refractivity contribution in [3.8, 4) is 0 Å². The van der Waals surface area contributed by atoms with Gasteiger partial charge in [0.05, 0.1) is 5.57 Å². The van der Waals surface area contributed by atoms with Crippen molar-refractivity contribution in [3.05, 3.63) is 47.1 Å². The number of hydrogen-bond acceptors (Lipinski definition) is 5. The molecule has 0 amide bonds. The zero-order valence-electron chi connectivity index (χ0n) is 16.1. The molecule has 0 aliphatic rings. The van der Waals surface area contributed by atoms with Crippen molar-refractivity contribution in [2.24, 2.45) is 5.92 Å². The lowest BCUT2D eigenvalue weighted by Crippen LogP contribution is -2.15. The summed E-state index contributed by atoms with van der Waals surface area (Å²) in [5, 5.41) is 43.2. The number of aliphatic hydroxyl groups excluding tert-OH is 1. The highest BCUT2D eigenvalue weighted by Crippen LogP contribution is 2.26. The maximum atomic E-state index is 11.3. The zero-order chi connectivity index (χ0) is 22.6. The fourth-order valence-corrected chi connectivity index (χ4v) is 1.94. The van der Waals surface area contributed by atoms with Gasteiger partial charge in [0, 0.05) is 35.7 Å². The molecule has 0 aliphatic heterocycles. The summed E-state index contributed by atoms with van der Waals surface area (Å²) in [4.78, 5) is 42.9. The van der Waals surface area contributed by atoms with Crippen LogP contribution in [0.5, 0.6) is 0 Å². The van der Waals surface area contributed by atoms with Gasteiger partial charge in [0.2, 0.25) is 0 Å². The van der Waals surface area contributed by atoms with E-state index in [1.165, 1.54) is 13.8 Å². The van der Waals surface area contributed by atoms with Gasteiger partial charge in [-0.25, -0.2) is 19.2 Å². The highest BCUT2D eigenvalue weighted by molar-refractivity contribution is 5.96. The van der Waals surface area contributed by atoms with E-state index in [1.807, 2.05) is 0 Å². The summed E-state index contributed by atoms with van der Waals surface area (Å²) in [5.41, 5.74) is -0.108. The van der Waals surface area contributed by atoms with Crippen molar-refractivity contribution in [1.29, 1.82) is 0 Å². The standard InChI is InChI=1S/C14H18O6.C5H8O3/c1-5-10(8(3)9(4)13(17)18)11(14(19)20)6-7(2)12(15)16;1-4(2-3-6)5(7)8/h6,8H,4-5H2,1-3H3,(H,15,16)(H,17,18)(H,19,20);6H,1-3H2,(H,7,8). The van der Waals surface area contributed by atoms with Crippen molar-refractivity contribution in [3.63, 3.8) is 0 Å². The molecular formula is C19H26O9. The third-order valence-electron chi connectivity index (χ3n) is 3.69. The van der Waals surface area contributed by atoms with Gasteiger partial charge >= 0.3 is 23.9 Å². The van der Waals surface area contributed by atoms with Crippen LogP contribution in [0.15, 0.2) is 47.1 Å². The van der Waals surface area contributed by atoms with E-state index in [2.05, 4.69) is 13.2 Å². The summed E-state index contributed by atoms with van der Waals surface area (Å²) in [7, 11) is 0. The number of carboxylic acid groups (broad SMARTS) is 4. The molecule has 5 N–H and O–H groups in total. The fraction of sp³-hybridized carbons (Fsp3) is 0.368. The largest absolute Gasteiger partial charge is 0.478 e. The number of allylic oxidation sites excluding steroid dienone is 1. The number of carbonyl (C=O) groups is 4. The molecule has 0 bridgehead atoms. The maximum Gasteiger partial charge on any atom is 0.335 e. The predicted octanol–water partition coefficient (Wildman–Crippen LogP) is 2.10. The van der Waals surface area contributed by atoms with Crippen LogP contribution in [-0.4, -0.2) is 56.0 Å². The zero-order valence-corrected chi connectivity index (χ0v) is 16.1. The van der Waals surface area contributed by atoms with E-state index in [0.29, 0.717) is 5.57 Å². The second-order valence-corrected chi connectivity index (χ2v) is 5.66. The molecule has 0 aliphatic carbocycles. The Morgan fingerprint density at radius 3 is 1.68 bits per heavy atom. The normalized spacial score (nSPS) is 12.6. The molecule has 0 radical (unpaired) electrons. The molecule has 156 valence electrons. The first-order valence-corrected chi connectivity index (χ1v) is 8.13. The summed E-state index contributed by atoms with van der Waals surface area (Å²) in [6, 6.07) is 0. The SMILES string of the molecule is C=C(C(=O)O)C(C)C(CC)=C(C=C(C)C(=O)O)C(=O)O.C=C(CCO)C(=O)O. The Morgan fingerprint density at radius 1 is 0.929 bits per heavy atom. The van der Waals surface area contributed by atoms with E-state index < -0.39 is 29.8 Å². The van der Waals surface area contributed by atoms with E-state index in [9.17, 15) is 24.3 Å². The maximum absolute atomic E-state index is 11.3. The van der Waals surface area contributed by atoms with Crippen molar-refractivity contribution in [2.75, 3.05) is 6.61 Å². The van der Waals surface area contributed by atoms with Crippen LogP contribution in [0.2, 0.25) is 0 Å². The van der Waals surface area contributed by atoms with Crippen LogP contribution in [0.25, 0.3) is 0 Å². The third-order valence-corrected chi connectivity index (χ3v) is 3.69. The van der Waals surface area contributed by atoms with Crippen LogP contribution in [0.4, 0.5) is 0 Å². The summed E-state index contributed by atoms with van der Waals surface area (Å²) < 4.78 is 0. The molecule has 0 heterocycles. The lowest BCUT2D eigenvalue weighted by Gasteiger charge is -2.17. The number of rotatable bonds is 10. The van der Waals surface area contributed by atoms with Crippen LogP contribution in [0.1, 0.15) is 33.6 Å². The van der Waals surface area contributed by atoms with Gasteiger partial charge in [-0.15, -0.1) is 0 Å². The summed E-state index contributed by atoms with van der Waals surface area (Å²) in [6.07, 6.45) is 1.46. The molecule has 1 atom stereocenters. The van der Waals surface area contributed by atoms with E-state index in [1.54, 1.807) is 6.92 Å². The van der Waals surface area contributed by atoms with E-state index in [0.717, 1.165) is 6.08 Å². The van der Waals surface area contributed by atoms with Gasteiger partial charge in [-0.3, -0.25) is 0 Å². The Morgan fingerprint density at radius 2 is 1.43 bits per heavy atom. The molecule has 9 heteroatoms. The van der Waals surface area contributed by atoms with Gasteiger partial charge in [-0.2, -0.15) is 0 Å². The molecule has 0 spiro atoms. The van der Waals surface area contributed by atoms with Gasteiger partial charge in [-0.1, -0.05) is 27.0 Å². The van der Waals surface area contributed by atoms with Gasteiger partial charge in [0.25, 0.3) is 0 Å². The number of carboxylic acids is 4. The van der Waals surface area contributed by atoms with Crippen LogP contribution in [0.3, 0.4) is 0 Å². The second-order valence-electron chi connectivity index (χ2n) is 5.66. The van der Waals surface area contributed by atoms with Crippen molar-refractivity contribution in [2.45, 2.75) is 33.6 Å². The highest BCUT2D eigenvalue weighted by atomic mass is 16.4. The average molecular weight is 398 g/mol. The first-order chi connectivity index (χ1) is 12.8. The molecule has 9 nitrogen and oxygen atoms in total. The first kappa shape index (κ1) is 27.0. The Hall–Kier alpha value is -3.20. The minimum atomic E-state index is -1.30. The number of hydrogen-bond donors (Lipinski definition) is 5. The topological polar surface area (TPSA) is 169 Å². The molecule has 0 fully saturated rings. The highest BCUT2D eigenvalue weighted by Gasteiger charge is 2.22. The van der Waals surface area contributed by atoms with Gasteiger partial charge in [0.1, 0.15) is 0 Å². The van der Waals surface area contributed by atoms with Crippen molar-refractivity contribution >= 4 is 23.9 Å². The van der Waals surface area contributed by atoms with Crippen LogP contribution >= 0.6 is 0 Å². The fourth-order valence-electron chi connectivity index (χ4n) is 1.94. The predicted molar refractivity (Wildman–Crippen MR) is 101 cm³/mol. The van der Waals surface area contributed by atoms with E-state index >= 15 is 0 Å². The van der Waals surface area contributed by atoms with Crippen LogP contribution < -0.4 is 0 Å². The third kappa shape index (κ3) is 9.48. The quantitative estimate of drug-likeness (QED) is 0.273. The first-order valence-electron chi connectivity index (χ1n) is 8.13. The Balaban J connectivity index is 0. The molecule has 28 heavy (non-hydrogen) atoms. The molecule has 0 saturated carbocycles. The van der Waals surface area contributed by atoms with E-state index in [-0.39, 0.29) is 41.7 Å². The van der Waals surface area contributed by atoms with Gasteiger partial charge in [0.15, 0.2) is 0 Å². The molecule has 0 aromatic rings. The minimum absolute atomic E-state index is 0.0486. The monoisotopic (exact) mass is 398 g/mol. The Kier molecular flexibility index (Phi) is 12.6. The van der Waals surface area contributed by atoms with Crippen molar-refractivity contribution < 1.29 is 44.7 Å². The molecular weight excluding hydrogens is 372 g/mol. The molecule has 0 saturated heterocycles. The molecule has 0 rings (SSSR count). The second kappa shape index (κ2) is 13.0. The average Bonchev–Trinajstić information content (AvgIpc) is 2.60. The summed E-state index contributed by atoms with van der Waals surface area (Å²) in [5.74, 6) is -5.48. The van der Waals surface area contributed by atoms with E-state index in [4.69, 9.17) is 20.4 Å².